The average Bonchev–Trinajstić information content (AvgIpc) is 2.33. The molecule has 0 unspecified atom stereocenters. The number of allylic oxidation sites excluding steroid dienone is 1. The van der Waals surface area contributed by atoms with Gasteiger partial charge in [-0.25, -0.2) is 0 Å². The lowest BCUT2D eigenvalue weighted by Crippen LogP contribution is -2.01. The minimum absolute atomic E-state index is 0.687. The molecule has 1 aliphatic rings. The molecule has 10 heavy (non-hydrogen) atoms. The van der Waals surface area contributed by atoms with Crippen LogP contribution in [0.3, 0.4) is 0 Å². The van der Waals surface area contributed by atoms with Crippen LogP contribution >= 0.6 is 0 Å². The van der Waals surface area contributed by atoms with Crippen molar-refractivity contribution >= 4 is 11.8 Å². The summed E-state index contributed by atoms with van der Waals surface area (Å²) in [6, 6.07) is 0. The standard InChI is InChI=1S/C8H8N2/c9-8-2-1-6-4-10-5-7(6)3-8/h1-2,4-5,9-10H,3H2. The number of hydrogen-bond donors (Lipinski definition) is 2. The maximum Gasteiger partial charge on any atom is 0.0358 e. The Morgan fingerprint density at radius 2 is 2.20 bits per heavy atom. The van der Waals surface area contributed by atoms with Crippen LogP contribution in [0, 0.1) is 5.41 Å². The fraction of sp³-hybridized carbons (Fsp3) is 0.125. The molecule has 0 aliphatic heterocycles. The summed E-state index contributed by atoms with van der Waals surface area (Å²) >= 11 is 0. The molecule has 1 heterocycles. The second-order valence-corrected chi connectivity index (χ2v) is 2.47. The number of aromatic nitrogens is 1. The van der Waals surface area contributed by atoms with Gasteiger partial charge in [-0.1, -0.05) is 6.08 Å². The molecule has 1 aromatic heterocycles. The van der Waals surface area contributed by atoms with Gasteiger partial charge in [0.1, 0.15) is 0 Å². The molecule has 50 valence electrons. The van der Waals surface area contributed by atoms with Crippen molar-refractivity contribution in [3.63, 3.8) is 0 Å². The number of fused-ring (bicyclic) bond motifs is 1. The third-order valence-electron chi connectivity index (χ3n) is 1.71. The van der Waals surface area contributed by atoms with Crippen LogP contribution in [-0.2, 0) is 6.42 Å². The van der Waals surface area contributed by atoms with Crippen molar-refractivity contribution in [2.45, 2.75) is 6.42 Å². The van der Waals surface area contributed by atoms with E-state index in [4.69, 9.17) is 5.41 Å². The van der Waals surface area contributed by atoms with Crippen LogP contribution < -0.4 is 0 Å². The first kappa shape index (κ1) is 5.47. The molecule has 0 saturated heterocycles. The first-order chi connectivity index (χ1) is 4.86. The molecule has 0 fully saturated rings. The Hall–Kier alpha value is -1.31. The molecule has 1 aliphatic carbocycles. The van der Waals surface area contributed by atoms with E-state index in [0.717, 1.165) is 6.42 Å². The lowest BCUT2D eigenvalue weighted by molar-refractivity contribution is 1.28. The van der Waals surface area contributed by atoms with Gasteiger partial charge in [0, 0.05) is 24.5 Å². The van der Waals surface area contributed by atoms with Crippen molar-refractivity contribution in [3.8, 4) is 0 Å². The van der Waals surface area contributed by atoms with Crippen LogP contribution in [0.5, 0.6) is 0 Å². The number of H-pyrrole nitrogens is 1. The zero-order chi connectivity index (χ0) is 6.97. The summed E-state index contributed by atoms with van der Waals surface area (Å²) in [5.41, 5.74) is 3.13. The van der Waals surface area contributed by atoms with Gasteiger partial charge in [0.25, 0.3) is 0 Å². The molecule has 2 rings (SSSR count). The smallest absolute Gasteiger partial charge is 0.0358 e. The summed E-state index contributed by atoms with van der Waals surface area (Å²) in [4.78, 5) is 3.01. The van der Waals surface area contributed by atoms with Crippen molar-refractivity contribution in [1.29, 1.82) is 5.41 Å². The van der Waals surface area contributed by atoms with Gasteiger partial charge in [0.15, 0.2) is 0 Å². The maximum atomic E-state index is 7.36. The fourth-order valence-corrected chi connectivity index (χ4v) is 1.17. The minimum atomic E-state index is 0.687. The van der Waals surface area contributed by atoms with Gasteiger partial charge in [-0.3, -0.25) is 0 Å². The summed E-state index contributed by atoms with van der Waals surface area (Å²) in [5, 5.41) is 7.36. The van der Waals surface area contributed by atoms with Gasteiger partial charge in [0.2, 0.25) is 0 Å². The monoisotopic (exact) mass is 132 g/mol. The van der Waals surface area contributed by atoms with Gasteiger partial charge in [-0.05, 0) is 17.2 Å². The zero-order valence-corrected chi connectivity index (χ0v) is 5.52. The summed E-state index contributed by atoms with van der Waals surface area (Å²) in [7, 11) is 0. The number of hydrogen-bond acceptors (Lipinski definition) is 1. The molecule has 0 radical (unpaired) electrons. The van der Waals surface area contributed by atoms with Crippen molar-refractivity contribution in [1.82, 2.24) is 4.98 Å². The normalized spacial score (nSPS) is 15.4. The second kappa shape index (κ2) is 1.84. The molecule has 1 aromatic rings. The molecule has 0 saturated carbocycles. The lowest BCUT2D eigenvalue weighted by atomic mass is 10.0. The average molecular weight is 132 g/mol. The predicted octanol–water partition coefficient (Wildman–Crippen LogP) is 1.60. The molecule has 0 bridgehead atoms. The Bertz CT molecular complexity index is 294. The highest BCUT2D eigenvalue weighted by atomic mass is 14.6. The molecule has 2 N–H and O–H groups in total. The van der Waals surface area contributed by atoms with Crippen LogP contribution in [0.2, 0.25) is 0 Å². The molecule has 0 spiro atoms. The van der Waals surface area contributed by atoms with E-state index in [9.17, 15) is 0 Å². The molecule has 0 amide bonds. The quantitative estimate of drug-likeness (QED) is 0.538. The summed E-state index contributed by atoms with van der Waals surface area (Å²) < 4.78 is 0. The Morgan fingerprint density at radius 3 is 3.10 bits per heavy atom. The molecular weight excluding hydrogens is 124 g/mol. The fourth-order valence-electron chi connectivity index (χ4n) is 1.17. The first-order valence-electron chi connectivity index (χ1n) is 3.27. The lowest BCUT2D eigenvalue weighted by Gasteiger charge is -2.03. The van der Waals surface area contributed by atoms with Gasteiger partial charge in [0.05, 0.1) is 0 Å². The van der Waals surface area contributed by atoms with Gasteiger partial charge in [-0.2, -0.15) is 0 Å². The largest absolute Gasteiger partial charge is 0.367 e. The van der Waals surface area contributed by atoms with E-state index < -0.39 is 0 Å². The highest BCUT2D eigenvalue weighted by molar-refractivity contribution is 6.00. The van der Waals surface area contributed by atoms with E-state index in [-0.39, 0.29) is 0 Å². The topological polar surface area (TPSA) is 39.6 Å². The van der Waals surface area contributed by atoms with E-state index in [0.29, 0.717) is 5.71 Å². The Morgan fingerprint density at radius 1 is 1.30 bits per heavy atom. The van der Waals surface area contributed by atoms with Gasteiger partial charge < -0.3 is 10.4 Å². The summed E-state index contributed by atoms with van der Waals surface area (Å²) in [6.07, 6.45) is 8.49. The van der Waals surface area contributed by atoms with Gasteiger partial charge >= 0.3 is 0 Å². The van der Waals surface area contributed by atoms with E-state index in [2.05, 4.69) is 4.98 Å². The highest BCUT2D eigenvalue weighted by Crippen LogP contribution is 2.15. The van der Waals surface area contributed by atoms with Crippen LogP contribution in [-0.4, -0.2) is 10.7 Å². The van der Waals surface area contributed by atoms with E-state index >= 15 is 0 Å². The van der Waals surface area contributed by atoms with Crippen LogP contribution in [0.25, 0.3) is 6.08 Å². The van der Waals surface area contributed by atoms with E-state index in [1.807, 2.05) is 24.5 Å². The number of nitrogens with one attached hydrogen (secondary N) is 2. The Labute approximate surface area is 59.1 Å². The van der Waals surface area contributed by atoms with E-state index in [1.165, 1.54) is 11.1 Å². The Kier molecular flexibility index (Phi) is 1.01. The summed E-state index contributed by atoms with van der Waals surface area (Å²) in [6.45, 7) is 0. The van der Waals surface area contributed by atoms with Crippen LogP contribution in [0.15, 0.2) is 18.5 Å². The molecule has 2 nitrogen and oxygen atoms in total. The predicted molar refractivity (Wildman–Crippen MR) is 41.3 cm³/mol. The Balaban J connectivity index is 2.52. The second-order valence-electron chi connectivity index (χ2n) is 2.47. The molecular formula is C8H8N2. The zero-order valence-electron chi connectivity index (χ0n) is 5.52. The SMILES string of the molecule is N=C1C=Cc2c[nH]cc2C1. The molecule has 0 aromatic carbocycles. The third kappa shape index (κ3) is 0.692. The van der Waals surface area contributed by atoms with Crippen LogP contribution in [0.4, 0.5) is 0 Å². The van der Waals surface area contributed by atoms with Gasteiger partial charge in [-0.15, -0.1) is 0 Å². The molecule has 2 heteroatoms. The van der Waals surface area contributed by atoms with Crippen LogP contribution in [0.1, 0.15) is 11.1 Å². The van der Waals surface area contributed by atoms with Crippen molar-refractivity contribution in [2.75, 3.05) is 0 Å². The number of aromatic amines is 1. The minimum Gasteiger partial charge on any atom is -0.367 e. The van der Waals surface area contributed by atoms with E-state index in [1.54, 1.807) is 0 Å². The summed E-state index contributed by atoms with van der Waals surface area (Å²) in [5.74, 6) is 0. The van der Waals surface area contributed by atoms with Crippen molar-refractivity contribution in [3.05, 3.63) is 29.6 Å². The first-order valence-corrected chi connectivity index (χ1v) is 3.27. The third-order valence-corrected chi connectivity index (χ3v) is 1.71. The maximum absolute atomic E-state index is 7.36. The highest BCUT2D eigenvalue weighted by Gasteiger charge is 2.06. The molecule has 0 atom stereocenters. The van der Waals surface area contributed by atoms with Crippen molar-refractivity contribution in [2.24, 2.45) is 0 Å². The number of rotatable bonds is 0. The van der Waals surface area contributed by atoms with Crippen molar-refractivity contribution < 1.29 is 0 Å².